The Morgan fingerprint density at radius 3 is 2.65 bits per heavy atom. The summed E-state index contributed by atoms with van der Waals surface area (Å²) >= 11 is 0. The van der Waals surface area contributed by atoms with E-state index in [-0.39, 0.29) is 46.8 Å². The second-order valence-corrected chi connectivity index (χ2v) is 16.7. The molecule has 0 spiro atoms. The number of hydrogen-bond acceptors (Lipinski definition) is 5. The van der Waals surface area contributed by atoms with Crippen molar-refractivity contribution in [2.75, 3.05) is 7.11 Å². The van der Waals surface area contributed by atoms with Crippen molar-refractivity contribution in [3.8, 4) is 17.6 Å². The van der Waals surface area contributed by atoms with Crippen molar-refractivity contribution in [1.29, 1.82) is 0 Å². The first-order chi connectivity index (χ1) is 17.4. The highest BCUT2D eigenvalue weighted by Gasteiger charge is 2.52. The molecule has 0 radical (unpaired) electrons. The second-order valence-electron chi connectivity index (χ2n) is 12.0. The number of methoxy groups -OCH3 is 1. The number of esters is 1. The number of rotatable bonds is 10. The third kappa shape index (κ3) is 6.75. The van der Waals surface area contributed by atoms with E-state index >= 15 is 0 Å². The quantitative estimate of drug-likeness (QED) is 0.149. The molecule has 37 heavy (non-hydrogen) atoms. The summed E-state index contributed by atoms with van der Waals surface area (Å²) in [6.45, 7) is 15.1. The van der Waals surface area contributed by atoms with E-state index in [2.05, 4.69) is 70.0 Å². The van der Waals surface area contributed by atoms with Crippen molar-refractivity contribution in [3.63, 3.8) is 0 Å². The van der Waals surface area contributed by atoms with E-state index in [4.69, 9.17) is 13.9 Å². The summed E-state index contributed by atoms with van der Waals surface area (Å²) in [4.78, 5) is 24.5. The van der Waals surface area contributed by atoms with Gasteiger partial charge in [0, 0.05) is 42.6 Å². The normalized spacial score (nSPS) is 23.6. The van der Waals surface area contributed by atoms with Crippen LogP contribution >= 0.6 is 0 Å². The van der Waals surface area contributed by atoms with Crippen molar-refractivity contribution < 1.29 is 23.5 Å². The fraction of sp³-hybridized carbons (Fsp3) is 0.613. The Hall–Kier alpha value is -2.36. The lowest BCUT2D eigenvalue weighted by Gasteiger charge is -2.40. The van der Waals surface area contributed by atoms with Gasteiger partial charge in [-0.1, -0.05) is 52.0 Å². The average molecular weight is 525 g/mol. The first-order valence-corrected chi connectivity index (χ1v) is 16.4. The van der Waals surface area contributed by atoms with Gasteiger partial charge in [0.2, 0.25) is 0 Å². The number of carbonyl (C=O) groups excluding carboxylic acids is 2. The third-order valence-corrected chi connectivity index (χ3v) is 12.8. The summed E-state index contributed by atoms with van der Waals surface area (Å²) in [5.74, 6) is 6.83. The molecule has 0 aromatic heterocycles. The van der Waals surface area contributed by atoms with E-state index in [1.54, 1.807) is 13.0 Å². The molecule has 1 heterocycles. The topological polar surface area (TPSA) is 61.8 Å². The number of fused-ring (bicyclic) bond motifs is 3. The minimum absolute atomic E-state index is 0.00168. The van der Waals surface area contributed by atoms with Crippen LogP contribution in [0.3, 0.4) is 0 Å². The number of benzene rings is 1. The third-order valence-electron chi connectivity index (χ3n) is 8.32. The number of hydrogen-bond donors (Lipinski definition) is 0. The maximum absolute atomic E-state index is 12.9. The fourth-order valence-electron chi connectivity index (χ4n) is 5.08. The van der Waals surface area contributed by atoms with E-state index in [1.165, 1.54) is 12.7 Å². The highest BCUT2D eigenvalue weighted by Crippen LogP contribution is 2.54. The van der Waals surface area contributed by atoms with E-state index in [0.29, 0.717) is 12.8 Å². The molecule has 1 saturated carbocycles. The van der Waals surface area contributed by atoms with Crippen LogP contribution in [-0.4, -0.2) is 39.4 Å². The minimum atomic E-state index is -2.03. The molecule has 0 amide bonds. The molecule has 5 atom stereocenters. The standard InChI is InChI=1S/C31H44O5Si/c1-9-10-13-21(2)25(32)19-18-23-26(36-37(7,8)31(3,4)5)20-27-29(23)24-16-11-14-22(30(24)35-27)15-12-17-28(33)34-6/h11,14,16,18-19,21,23,26-27,29H,12-13,15,17,20H2,1-8H3/t21-,23-,26+,27-,29-/m0/s1. The zero-order chi connectivity index (χ0) is 27.4. The van der Waals surface area contributed by atoms with Gasteiger partial charge in [-0.2, -0.15) is 0 Å². The number of para-hydroxylation sites is 1. The molecule has 1 aliphatic heterocycles. The van der Waals surface area contributed by atoms with Gasteiger partial charge in [0.05, 0.1) is 13.2 Å². The van der Waals surface area contributed by atoms with Gasteiger partial charge in [0.25, 0.3) is 0 Å². The van der Waals surface area contributed by atoms with E-state index in [1.807, 2.05) is 6.92 Å². The van der Waals surface area contributed by atoms with Gasteiger partial charge in [-0.15, -0.1) is 11.8 Å². The molecule has 0 bridgehead atoms. The molecule has 5 nitrogen and oxygen atoms in total. The van der Waals surface area contributed by atoms with Crippen LogP contribution in [0.4, 0.5) is 0 Å². The molecule has 0 unspecified atom stereocenters. The molecule has 1 aromatic rings. The van der Waals surface area contributed by atoms with Crippen molar-refractivity contribution in [3.05, 3.63) is 41.5 Å². The summed E-state index contributed by atoms with van der Waals surface area (Å²) in [5.41, 5.74) is 2.32. The predicted molar refractivity (Wildman–Crippen MR) is 150 cm³/mol. The van der Waals surface area contributed by atoms with E-state index in [9.17, 15) is 9.59 Å². The van der Waals surface area contributed by atoms with Crippen LogP contribution in [0.1, 0.15) is 77.3 Å². The Kier molecular flexibility index (Phi) is 9.47. The Balaban J connectivity index is 1.89. The maximum Gasteiger partial charge on any atom is 0.305 e. The van der Waals surface area contributed by atoms with Crippen molar-refractivity contribution in [2.24, 2.45) is 11.8 Å². The molecule has 0 saturated heterocycles. The summed E-state index contributed by atoms with van der Waals surface area (Å²) in [6, 6.07) is 6.32. The van der Waals surface area contributed by atoms with Gasteiger partial charge in [0.1, 0.15) is 11.9 Å². The van der Waals surface area contributed by atoms with Crippen LogP contribution in [0.25, 0.3) is 0 Å². The van der Waals surface area contributed by atoms with E-state index < -0.39 is 8.32 Å². The lowest BCUT2D eigenvalue weighted by Crippen LogP contribution is -2.45. The van der Waals surface area contributed by atoms with Gasteiger partial charge < -0.3 is 13.9 Å². The highest BCUT2D eigenvalue weighted by atomic mass is 28.4. The van der Waals surface area contributed by atoms with Crippen LogP contribution in [-0.2, 0) is 25.2 Å². The van der Waals surface area contributed by atoms with Crippen LogP contribution in [0.2, 0.25) is 18.1 Å². The second kappa shape index (κ2) is 12.0. The average Bonchev–Trinajstić information content (AvgIpc) is 3.35. The van der Waals surface area contributed by atoms with Crippen molar-refractivity contribution >= 4 is 20.1 Å². The largest absolute Gasteiger partial charge is 0.489 e. The fourth-order valence-corrected chi connectivity index (χ4v) is 6.44. The number of ketones is 1. The molecular weight excluding hydrogens is 480 g/mol. The zero-order valence-corrected chi connectivity index (χ0v) is 24.9. The number of ether oxygens (including phenoxy) is 2. The summed E-state index contributed by atoms with van der Waals surface area (Å²) in [6.07, 6.45) is 7.10. The Labute approximate surface area is 224 Å². The molecule has 0 N–H and O–H groups in total. The van der Waals surface area contributed by atoms with Gasteiger partial charge in [-0.25, -0.2) is 0 Å². The molecular formula is C31H44O5Si. The highest BCUT2D eigenvalue weighted by molar-refractivity contribution is 6.74. The molecule has 3 rings (SSSR count). The van der Waals surface area contributed by atoms with Gasteiger partial charge in [-0.3, -0.25) is 9.59 Å². The first kappa shape index (κ1) is 29.2. The SMILES string of the molecule is CC#CC[C@H](C)C(=O)C=C[C@@H]1[C@H]2c3cccc(CCCC(=O)OC)c3O[C@H]2C[C@H]1O[Si](C)(C)C(C)(C)C. The predicted octanol–water partition coefficient (Wildman–Crippen LogP) is 6.61. The molecule has 2 aliphatic rings. The zero-order valence-electron chi connectivity index (χ0n) is 23.9. The van der Waals surface area contributed by atoms with Gasteiger partial charge in [0.15, 0.2) is 14.1 Å². The molecule has 1 aliphatic carbocycles. The van der Waals surface area contributed by atoms with Gasteiger partial charge in [-0.05, 0) is 49.5 Å². The molecule has 202 valence electrons. The summed E-state index contributed by atoms with van der Waals surface area (Å²) in [7, 11) is -0.604. The lowest BCUT2D eigenvalue weighted by molar-refractivity contribution is -0.140. The number of carbonyl (C=O) groups is 2. The smallest absolute Gasteiger partial charge is 0.305 e. The number of aryl methyl sites for hydroxylation is 1. The van der Waals surface area contributed by atoms with Crippen LogP contribution in [0.15, 0.2) is 30.4 Å². The Morgan fingerprint density at radius 1 is 1.27 bits per heavy atom. The molecule has 6 heteroatoms. The number of allylic oxidation sites excluding steroid dienone is 1. The van der Waals surface area contributed by atoms with Crippen LogP contribution in [0, 0.1) is 23.7 Å². The van der Waals surface area contributed by atoms with Crippen LogP contribution < -0.4 is 4.74 Å². The summed E-state index contributed by atoms with van der Waals surface area (Å²) in [5, 5.41) is 0.0910. The van der Waals surface area contributed by atoms with E-state index in [0.717, 1.165) is 30.6 Å². The monoisotopic (exact) mass is 524 g/mol. The minimum Gasteiger partial charge on any atom is -0.489 e. The Morgan fingerprint density at radius 2 is 2.00 bits per heavy atom. The summed E-state index contributed by atoms with van der Waals surface area (Å²) < 4.78 is 18.3. The molecule has 1 aromatic carbocycles. The lowest BCUT2D eigenvalue weighted by atomic mass is 9.86. The molecule has 1 fully saturated rings. The van der Waals surface area contributed by atoms with Crippen molar-refractivity contribution in [1.82, 2.24) is 0 Å². The Bertz CT molecular complexity index is 1070. The van der Waals surface area contributed by atoms with Gasteiger partial charge >= 0.3 is 5.97 Å². The first-order valence-electron chi connectivity index (χ1n) is 13.5. The van der Waals surface area contributed by atoms with Crippen molar-refractivity contribution in [2.45, 2.75) is 103 Å². The maximum atomic E-state index is 12.9. The van der Waals surface area contributed by atoms with Crippen LogP contribution in [0.5, 0.6) is 5.75 Å².